The van der Waals surface area contributed by atoms with Crippen molar-refractivity contribution in [3.05, 3.63) is 61.1 Å². The Balaban J connectivity index is 2.68. The van der Waals surface area contributed by atoms with Gasteiger partial charge in [-0.05, 0) is 25.5 Å². The first kappa shape index (κ1) is 13.7. The molecular weight excluding hydrogens is 262 g/mol. The summed E-state index contributed by atoms with van der Waals surface area (Å²) in [7, 11) is 1.48. The maximum absolute atomic E-state index is 12.4. The van der Waals surface area contributed by atoms with Crippen LogP contribution in [0.1, 0.15) is 27.2 Å². The number of hydrogen-bond donors (Lipinski definition) is 1. The summed E-state index contributed by atoms with van der Waals surface area (Å²) in [5.74, 6) is -0.639. The number of nitro groups is 1. The minimum absolute atomic E-state index is 0.0683. The normalized spacial score (nSPS) is 10.6. The van der Waals surface area contributed by atoms with Gasteiger partial charge < -0.3 is 0 Å². The van der Waals surface area contributed by atoms with E-state index in [4.69, 9.17) is 0 Å². The molecule has 20 heavy (non-hydrogen) atoms. The number of H-pyrrole nitrogens is 1. The minimum Gasteiger partial charge on any atom is -0.299 e. The molecule has 0 aliphatic carbocycles. The molecule has 0 saturated heterocycles. The largest absolute Gasteiger partial charge is 0.299 e. The Morgan fingerprint density at radius 2 is 2.00 bits per heavy atom. The molecule has 0 amide bonds. The van der Waals surface area contributed by atoms with Gasteiger partial charge in [-0.25, -0.2) is 0 Å². The molecule has 0 bridgehead atoms. The van der Waals surface area contributed by atoms with Gasteiger partial charge in [0.25, 0.3) is 11.2 Å². The van der Waals surface area contributed by atoms with Crippen LogP contribution in [0.15, 0.2) is 23.0 Å². The highest BCUT2D eigenvalue weighted by Gasteiger charge is 2.26. The zero-order valence-electron chi connectivity index (χ0n) is 11.3. The summed E-state index contributed by atoms with van der Waals surface area (Å²) in [4.78, 5) is 34.7. The molecule has 0 saturated carbocycles. The van der Waals surface area contributed by atoms with Gasteiger partial charge in [0.05, 0.1) is 4.92 Å². The molecule has 1 aromatic carbocycles. The van der Waals surface area contributed by atoms with Crippen LogP contribution < -0.4 is 5.56 Å². The van der Waals surface area contributed by atoms with E-state index in [9.17, 15) is 19.7 Å². The number of aryl methyl sites for hydroxylation is 3. The fourth-order valence-corrected chi connectivity index (χ4v) is 2.08. The Hall–Kier alpha value is -2.70. The first-order valence-electron chi connectivity index (χ1n) is 5.88. The molecule has 1 aromatic heterocycles. The molecule has 104 valence electrons. The van der Waals surface area contributed by atoms with Crippen LogP contribution in [0, 0.1) is 24.0 Å². The van der Waals surface area contributed by atoms with Gasteiger partial charge in [-0.3, -0.25) is 29.5 Å². The lowest BCUT2D eigenvalue weighted by molar-refractivity contribution is -0.385. The van der Waals surface area contributed by atoms with Gasteiger partial charge >= 0.3 is 0 Å². The number of hydrogen-bond acceptors (Lipinski definition) is 4. The lowest BCUT2D eigenvalue weighted by Crippen LogP contribution is -2.20. The summed E-state index contributed by atoms with van der Waals surface area (Å²) in [5.41, 5.74) is 0.157. The van der Waals surface area contributed by atoms with Gasteiger partial charge in [-0.15, -0.1) is 0 Å². The fraction of sp³-hybridized carbons (Fsp3) is 0.231. The van der Waals surface area contributed by atoms with E-state index < -0.39 is 16.3 Å². The van der Waals surface area contributed by atoms with Crippen LogP contribution in [0.4, 0.5) is 5.69 Å². The third-order valence-electron chi connectivity index (χ3n) is 3.05. The van der Waals surface area contributed by atoms with Crippen LogP contribution in [0.25, 0.3) is 0 Å². The number of aromatic nitrogens is 2. The standard InChI is InChI=1S/C13H13N3O4/c1-7-4-5-10(16(19)20)9(6-7)12(17)11-8(2)14-15(3)13(11)18/h4-6,14H,1-3H3. The molecule has 1 N–H and O–H groups in total. The van der Waals surface area contributed by atoms with Crippen molar-refractivity contribution in [1.82, 2.24) is 9.78 Å². The highest BCUT2D eigenvalue weighted by molar-refractivity contribution is 6.12. The van der Waals surface area contributed by atoms with E-state index in [1.165, 1.54) is 23.9 Å². The van der Waals surface area contributed by atoms with E-state index in [1.807, 2.05) is 0 Å². The van der Waals surface area contributed by atoms with Crippen LogP contribution in [-0.4, -0.2) is 20.5 Å². The minimum atomic E-state index is -0.639. The fourth-order valence-electron chi connectivity index (χ4n) is 2.08. The maximum Gasteiger partial charge on any atom is 0.280 e. The van der Waals surface area contributed by atoms with E-state index in [1.54, 1.807) is 19.9 Å². The molecule has 0 radical (unpaired) electrons. The average molecular weight is 275 g/mol. The molecule has 7 nitrogen and oxygen atoms in total. The highest BCUT2D eigenvalue weighted by Crippen LogP contribution is 2.22. The molecule has 2 aromatic rings. The Bertz CT molecular complexity index is 770. The van der Waals surface area contributed by atoms with Crippen LogP contribution in [0.3, 0.4) is 0 Å². The molecule has 0 fully saturated rings. The van der Waals surface area contributed by atoms with Crippen molar-refractivity contribution < 1.29 is 9.72 Å². The second kappa shape index (κ2) is 4.76. The highest BCUT2D eigenvalue weighted by atomic mass is 16.6. The van der Waals surface area contributed by atoms with Gasteiger partial charge in [0.2, 0.25) is 5.78 Å². The Kier molecular flexibility index (Phi) is 3.27. The van der Waals surface area contributed by atoms with Gasteiger partial charge in [0, 0.05) is 18.8 Å². The number of nitrogens with zero attached hydrogens (tertiary/aromatic N) is 2. The Morgan fingerprint density at radius 3 is 2.50 bits per heavy atom. The van der Waals surface area contributed by atoms with Gasteiger partial charge in [0.15, 0.2) is 0 Å². The number of nitro benzene ring substituents is 1. The summed E-state index contributed by atoms with van der Waals surface area (Å²) in [6.07, 6.45) is 0. The smallest absolute Gasteiger partial charge is 0.280 e. The third-order valence-corrected chi connectivity index (χ3v) is 3.05. The summed E-state index contributed by atoms with van der Waals surface area (Å²) in [5, 5.41) is 13.7. The van der Waals surface area contributed by atoms with Crippen molar-refractivity contribution in [1.29, 1.82) is 0 Å². The quantitative estimate of drug-likeness (QED) is 0.521. The van der Waals surface area contributed by atoms with Gasteiger partial charge in [-0.2, -0.15) is 0 Å². The summed E-state index contributed by atoms with van der Waals surface area (Å²) in [6, 6.07) is 4.25. The Morgan fingerprint density at radius 1 is 1.35 bits per heavy atom. The summed E-state index contributed by atoms with van der Waals surface area (Å²) < 4.78 is 1.17. The van der Waals surface area contributed by atoms with Gasteiger partial charge in [-0.1, -0.05) is 6.07 Å². The zero-order valence-corrected chi connectivity index (χ0v) is 11.3. The number of aromatic amines is 1. The van der Waals surface area contributed by atoms with E-state index in [2.05, 4.69) is 5.10 Å². The molecule has 0 aliphatic rings. The van der Waals surface area contributed by atoms with Gasteiger partial charge in [0.1, 0.15) is 11.1 Å². The summed E-state index contributed by atoms with van der Waals surface area (Å²) in [6.45, 7) is 3.30. The van der Waals surface area contributed by atoms with Crippen molar-refractivity contribution in [2.75, 3.05) is 0 Å². The van der Waals surface area contributed by atoms with Crippen molar-refractivity contribution in [3.63, 3.8) is 0 Å². The number of rotatable bonds is 3. The van der Waals surface area contributed by atoms with Crippen molar-refractivity contribution in [2.45, 2.75) is 13.8 Å². The third kappa shape index (κ3) is 2.13. The summed E-state index contributed by atoms with van der Waals surface area (Å²) >= 11 is 0. The lowest BCUT2D eigenvalue weighted by Gasteiger charge is -2.02. The molecule has 0 aliphatic heterocycles. The second-order valence-corrected chi connectivity index (χ2v) is 4.58. The Labute approximate surface area is 114 Å². The number of benzene rings is 1. The first-order valence-corrected chi connectivity index (χ1v) is 5.88. The molecule has 0 atom stereocenters. The van der Waals surface area contributed by atoms with Crippen molar-refractivity contribution in [3.8, 4) is 0 Å². The molecule has 1 heterocycles. The van der Waals surface area contributed by atoms with Crippen LogP contribution >= 0.6 is 0 Å². The SMILES string of the molecule is Cc1ccc([N+](=O)[O-])c(C(=O)c2c(C)[nH]n(C)c2=O)c1. The lowest BCUT2D eigenvalue weighted by atomic mass is 10.0. The molecule has 2 rings (SSSR count). The molecule has 0 spiro atoms. The van der Waals surface area contributed by atoms with Crippen LogP contribution in [0.2, 0.25) is 0 Å². The van der Waals surface area contributed by atoms with Crippen molar-refractivity contribution in [2.24, 2.45) is 7.05 Å². The second-order valence-electron chi connectivity index (χ2n) is 4.58. The first-order chi connectivity index (χ1) is 9.32. The van der Waals surface area contributed by atoms with Crippen molar-refractivity contribution >= 4 is 11.5 Å². The predicted octanol–water partition coefficient (Wildman–Crippen LogP) is 1.47. The number of nitrogens with one attached hydrogen (secondary N) is 1. The van der Waals surface area contributed by atoms with Crippen LogP contribution in [0.5, 0.6) is 0 Å². The predicted molar refractivity (Wildman–Crippen MR) is 72.0 cm³/mol. The molecular formula is C13H13N3O4. The van der Waals surface area contributed by atoms with E-state index in [0.29, 0.717) is 11.3 Å². The van der Waals surface area contributed by atoms with Crippen LogP contribution in [-0.2, 0) is 7.05 Å². The zero-order chi connectivity index (χ0) is 15.0. The average Bonchev–Trinajstić information content (AvgIpc) is 2.62. The number of carbonyl (C=O) groups excluding carboxylic acids is 1. The number of ketones is 1. The van der Waals surface area contributed by atoms with E-state index in [0.717, 1.165) is 0 Å². The molecule has 0 unspecified atom stereocenters. The molecule has 7 heteroatoms. The number of carbonyl (C=O) groups is 1. The topological polar surface area (TPSA) is 98.0 Å². The monoisotopic (exact) mass is 275 g/mol. The van der Waals surface area contributed by atoms with E-state index >= 15 is 0 Å². The maximum atomic E-state index is 12.4. The van der Waals surface area contributed by atoms with E-state index in [-0.39, 0.29) is 16.8 Å².